The zero-order chi connectivity index (χ0) is 12.1. The number of methoxy groups -OCH3 is 1. The van der Waals surface area contributed by atoms with Crippen molar-refractivity contribution in [3.05, 3.63) is 24.0 Å². The van der Waals surface area contributed by atoms with Crippen LogP contribution in [-0.4, -0.2) is 25.3 Å². The Morgan fingerprint density at radius 2 is 2.53 bits per heavy atom. The third-order valence-corrected chi connectivity index (χ3v) is 3.17. The van der Waals surface area contributed by atoms with Crippen LogP contribution in [0.2, 0.25) is 0 Å². The molecule has 3 N–H and O–H groups in total. The van der Waals surface area contributed by atoms with Gasteiger partial charge in [-0.15, -0.1) is 0 Å². The topological polar surface area (TPSA) is 69.4 Å². The summed E-state index contributed by atoms with van der Waals surface area (Å²) in [5.74, 6) is 6.94. The van der Waals surface area contributed by atoms with E-state index in [0.29, 0.717) is 5.92 Å². The van der Waals surface area contributed by atoms with Crippen LogP contribution >= 0.6 is 0 Å². The molecule has 0 bridgehead atoms. The Balaban J connectivity index is 2.04. The highest BCUT2D eigenvalue weighted by molar-refractivity contribution is 5.25. The summed E-state index contributed by atoms with van der Waals surface area (Å²) in [6.45, 7) is 1.69. The van der Waals surface area contributed by atoms with Crippen LogP contribution in [-0.2, 0) is 4.74 Å². The van der Waals surface area contributed by atoms with Crippen molar-refractivity contribution in [3.63, 3.8) is 0 Å². The first kappa shape index (κ1) is 12.3. The number of hydrogen-bond acceptors (Lipinski definition) is 5. The summed E-state index contributed by atoms with van der Waals surface area (Å²) in [6, 6.07) is 2.07. The highest BCUT2D eigenvalue weighted by Gasteiger charge is 2.21. The number of hydrogen-bond donors (Lipinski definition) is 2. The molecule has 2 rings (SSSR count). The molecule has 0 spiro atoms. The molecule has 0 saturated carbocycles. The third kappa shape index (κ3) is 3.15. The minimum absolute atomic E-state index is 0.101. The molecule has 5 heteroatoms. The molecule has 0 aliphatic carbocycles. The quantitative estimate of drug-likeness (QED) is 0.591. The fourth-order valence-electron chi connectivity index (χ4n) is 2.14. The van der Waals surface area contributed by atoms with Gasteiger partial charge in [-0.05, 0) is 30.4 Å². The van der Waals surface area contributed by atoms with E-state index in [-0.39, 0.29) is 6.04 Å². The van der Waals surface area contributed by atoms with E-state index >= 15 is 0 Å². The van der Waals surface area contributed by atoms with Gasteiger partial charge in [-0.1, -0.05) is 0 Å². The molecule has 1 aromatic heterocycles. The van der Waals surface area contributed by atoms with Gasteiger partial charge in [0.15, 0.2) is 0 Å². The Morgan fingerprint density at radius 3 is 3.18 bits per heavy atom. The largest absolute Gasteiger partial charge is 0.495 e. The Labute approximate surface area is 101 Å². The van der Waals surface area contributed by atoms with E-state index in [2.05, 4.69) is 10.4 Å². The summed E-state index contributed by atoms with van der Waals surface area (Å²) >= 11 is 0. The SMILES string of the molecule is COc1cncc(C(CC2CCOC2)NN)c1. The molecule has 0 radical (unpaired) electrons. The predicted molar refractivity (Wildman–Crippen MR) is 64.4 cm³/mol. The van der Waals surface area contributed by atoms with Crippen LogP contribution in [0.5, 0.6) is 5.75 Å². The molecule has 0 aromatic carbocycles. The molecule has 1 saturated heterocycles. The lowest BCUT2D eigenvalue weighted by atomic mass is 9.95. The van der Waals surface area contributed by atoms with Gasteiger partial charge in [-0.3, -0.25) is 16.3 Å². The second kappa shape index (κ2) is 5.95. The van der Waals surface area contributed by atoms with Crippen LogP contribution in [0.4, 0.5) is 0 Å². The van der Waals surface area contributed by atoms with Gasteiger partial charge >= 0.3 is 0 Å². The van der Waals surface area contributed by atoms with Crippen LogP contribution in [0.1, 0.15) is 24.4 Å². The molecule has 1 fully saturated rings. The van der Waals surface area contributed by atoms with Gasteiger partial charge < -0.3 is 9.47 Å². The monoisotopic (exact) mass is 237 g/mol. The van der Waals surface area contributed by atoms with Gasteiger partial charge in [-0.25, -0.2) is 0 Å². The summed E-state index contributed by atoms with van der Waals surface area (Å²) in [6.07, 6.45) is 5.58. The molecule has 2 unspecified atom stereocenters. The zero-order valence-electron chi connectivity index (χ0n) is 10.1. The summed E-state index contributed by atoms with van der Waals surface area (Å²) < 4.78 is 10.5. The van der Waals surface area contributed by atoms with E-state index in [1.54, 1.807) is 13.3 Å². The molecule has 2 atom stereocenters. The summed E-state index contributed by atoms with van der Waals surface area (Å²) in [4.78, 5) is 4.15. The fraction of sp³-hybridized carbons (Fsp3) is 0.583. The van der Waals surface area contributed by atoms with Gasteiger partial charge in [0.25, 0.3) is 0 Å². The lowest BCUT2D eigenvalue weighted by Gasteiger charge is -2.19. The Hall–Kier alpha value is -1.17. The van der Waals surface area contributed by atoms with Crippen molar-refractivity contribution in [2.75, 3.05) is 20.3 Å². The normalized spacial score (nSPS) is 21.4. The summed E-state index contributed by atoms with van der Waals surface area (Å²) in [5, 5.41) is 0. The zero-order valence-corrected chi connectivity index (χ0v) is 10.1. The predicted octanol–water partition coefficient (Wildman–Crippen LogP) is 1.02. The van der Waals surface area contributed by atoms with E-state index in [9.17, 15) is 0 Å². The van der Waals surface area contributed by atoms with Crippen molar-refractivity contribution >= 4 is 0 Å². The summed E-state index contributed by atoms with van der Waals surface area (Å²) in [5.41, 5.74) is 3.90. The standard InChI is InChI=1S/C12H19N3O2/c1-16-11-5-10(6-14-7-11)12(15-13)4-9-2-3-17-8-9/h5-7,9,12,15H,2-4,8,13H2,1H3. The van der Waals surface area contributed by atoms with Gasteiger partial charge in [0.2, 0.25) is 0 Å². The highest BCUT2D eigenvalue weighted by Crippen LogP contribution is 2.27. The number of rotatable bonds is 5. The lowest BCUT2D eigenvalue weighted by Crippen LogP contribution is -2.30. The van der Waals surface area contributed by atoms with Crippen LogP contribution in [0.15, 0.2) is 18.5 Å². The lowest BCUT2D eigenvalue weighted by molar-refractivity contribution is 0.181. The minimum atomic E-state index is 0.101. The number of nitrogens with zero attached hydrogens (tertiary/aromatic N) is 1. The number of aromatic nitrogens is 1. The molecular weight excluding hydrogens is 218 g/mol. The van der Waals surface area contributed by atoms with E-state index in [1.807, 2.05) is 12.3 Å². The first-order valence-corrected chi connectivity index (χ1v) is 5.86. The van der Waals surface area contributed by atoms with Crippen molar-refractivity contribution in [1.29, 1.82) is 0 Å². The first-order valence-electron chi connectivity index (χ1n) is 5.86. The fourth-order valence-corrected chi connectivity index (χ4v) is 2.14. The highest BCUT2D eigenvalue weighted by atomic mass is 16.5. The smallest absolute Gasteiger partial charge is 0.137 e. The van der Waals surface area contributed by atoms with Crippen molar-refractivity contribution in [3.8, 4) is 5.75 Å². The number of hydrazine groups is 1. The van der Waals surface area contributed by atoms with Gasteiger partial charge in [-0.2, -0.15) is 0 Å². The number of ether oxygens (including phenoxy) is 2. The van der Waals surface area contributed by atoms with Crippen LogP contribution in [0.3, 0.4) is 0 Å². The van der Waals surface area contributed by atoms with Crippen LogP contribution in [0, 0.1) is 5.92 Å². The average molecular weight is 237 g/mol. The Morgan fingerprint density at radius 1 is 1.65 bits per heavy atom. The average Bonchev–Trinajstić information content (AvgIpc) is 2.89. The Bertz CT molecular complexity index is 353. The van der Waals surface area contributed by atoms with Gasteiger partial charge in [0, 0.05) is 25.5 Å². The molecule has 17 heavy (non-hydrogen) atoms. The molecule has 2 heterocycles. The van der Waals surface area contributed by atoms with Gasteiger partial charge in [0.1, 0.15) is 5.75 Å². The molecule has 1 aromatic rings. The molecule has 1 aliphatic rings. The number of nitrogens with one attached hydrogen (secondary N) is 1. The minimum Gasteiger partial charge on any atom is -0.495 e. The third-order valence-electron chi connectivity index (χ3n) is 3.17. The number of pyridine rings is 1. The van der Waals surface area contributed by atoms with Crippen molar-refractivity contribution in [2.45, 2.75) is 18.9 Å². The molecule has 5 nitrogen and oxygen atoms in total. The van der Waals surface area contributed by atoms with Crippen LogP contribution < -0.4 is 16.0 Å². The molecule has 0 amide bonds. The van der Waals surface area contributed by atoms with E-state index < -0.39 is 0 Å². The van der Waals surface area contributed by atoms with Crippen molar-refractivity contribution in [1.82, 2.24) is 10.4 Å². The maximum atomic E-state index is 5.62. The number of nitrogens with two attached hydrogens (primary N) is 1. The summed E-state index contributed by atoms with van der Waals surface area (Å²) in [7, 11) is 1.64. The Kier molecular flexibility index (Phi) is 4.30. The van der Waals surface area contributed by atoms with Crippen molar-refractivity contribution in [2.24, 2.45) is 11.8 Å². The second-order valence-corrected chi connectivity index (χ2v) is 4.34. The van der Waals surface area contributed by atoms with Crippen LogP contribution in [0.25, 0.3) is 0 Å². The van der Waals surface area contributed by atoms with E-state index in [0.717, 1.165) is 37.4 Å². The van der Waals surface area contributed by atoms with E-state index in [4.69, 9.17) is 15.3 Å². The maximum absolute atomic E-state index is 5.62. The molecule has 1 aliphatic heterocycles. The molecule has 94 valence electrons. The maximum Gasteiger partial charge on any atom is 0.137 e. The van der Waals surface area contributed by atoms with Gasteiger partial charge in [0.05, 0.1) is 13.3 Å². The molecular formula is C12H19N3O2. The van der Waals surface area contributed by atoms with E-state index in [1.165, 1.54) is 0 Å². The first-order chi connectivity index (χ1) is 8.33. The second-order valence-electron chi connectivity index (χ2n) is 4.34. The van der Waals surface area contributed by atoms with Crippen molar-refractivity contribution < 1.29 is 9.47 Å².